The number of hydrogen-bond donors (Lipinski definition) is 1. The van der Waals surface area contributed by atoms with E-state index in [0.29, 0.717) is 0 Å². The molecule has 0 aromatic heterocycles. The van der Waals surface area contributed by atoms with Gasteiger partial charge in [-0.2, -0.15) is 0 Å². The number of sulfonamides is 1. The number of ether oxygens (including phenoxy) is 2. The Morgan fingerprint density at radius 3 is 2.16 bits per heavy atom. The second-order valence-corrected chi connectivity index (χ2v) is 6.23. The van der Waals surface area contributed by atoms with Crippen molar-refractivity contribution < 1.29 is 27.5 Å². The van der Waals surface area contributed by atoms with Crippen LogP contribution in [0.2, 0.25) is 0 Å². The van der Waals surface area contributed by atoms with Crippen LogP contribution in [0.5, 0.6) is 0 Å². The van der Waals surface area contributed by atoms with E-state index in [9.17, 15) is 18.0 Å². The SMILES string of the molecule is COC(=O)CCCS(=O)(=O)N[C@H](C(=O)OC)C(C)C. The second-order valence-electron chi connectivity index (χ2n) is 4.36. The third kappa shape index (κ3) is 7.12. The van der Waals surface area contributed by atoms with Gasteiger partial charge in [-0.1, -0.05) is 13.8 Å². The van der Waals surface area contributed by atoms with Gasteiger partial charge in [-0.3, -0.25) is 9.59 Å². The number of hydrogen-bond acceptors (Lipinski definition) is 6. The van der Waals surface area contributed by atoms with Crippen LogP contribution in [-0.2, 0) is 29.1 Å². The van der Waals surface area contributed by atoms with Gasteiger partial charge in [-0.05, 0) is 12.3 Å². The lowest BCUT2D eigenvalue weighted by molar-refractivity contribution is -0.144. The molecule has 0 bridgehead atoms. The van der Waals surface area contributed by atoms with Crippen LogP contribution in [0.1, 0.15) is 26.7 Å². The van der Waals surface area contributed by atoms with Crippen molar-refractivity contribution in [2.24, 2.45) is 5.92 Å². The van der Waals surface area contributed by atoms with Crippen molar-refractivity contribution in [2.75, 3.05) is 20.0 Å². The molecule has 0 amide bonds. The Labute approximate surface area is 113 Å². The third-order valence-corrected chi connectivity index (χ3v) is 3.89. The fraction of sp³-hybridized carbons (Fsp3) is 0.818. The molecule has 0 fully saturated rings. The fourth-order valence-corrected chi connectivity index (χ4v) is 2.74. The molecule has 0 aliphatic rings. The van der Waals surface area contributed by atoms with Crippen LogP contribution in [0.3, 0.4) is 0 Å². The summed E-state index contributed by atoms with van der Waals surface area (Å²) >= 11 is 0. The van der Waals surface area contributed by atoms with Crippen molar-refractivity contribution in [3.05, 3.63) is 0 Å². The molecule has 0 spiro atoms. The molecule has 0 saturated heterocycles. The van der Waals surface area contributed by atoms with E-state index in [4.69, 9.17) is 0 Å². The van der Waals surface area contributed by atoms with Crippen molar-refractivity contribution in [1.82, 2.24) is 4.72 Å². The van der Waals surface area contributed by atoms with E-state index in [1.165, 1.54) is 14.2 Å². The Balaban J connectivity index is 4.48. The standard InChI is InChI=1S/C11H21NO6S/c1-8(2)10(11(14)18-4)12-19(15,16)7-5-6-9(13)17-3/h8,10,12H,5-7H2,1-4H3/t10-/m0/s1. The lowest BCUT2D eigenvalue weighted by atomic mass is 10.1. The minimum atomic E-state index is -3.64. The summed E-state index contributed by atoms with van der Waals surface area (Å²) < 4.78 is 34.8. The zero-order chi connectivity index (χ0) is 15.1. The molecule has 0 aliphatic heterocycles. The summed E-state index contributed by atoms with van der Waals surface area (Å²) in [6.45, 7) is 3.41. The van der Waals surface area contributed by atoms with Crippen molar-refractivity contribution in [3.63, 3.8) is 0 Å². The smallest absolute Gasteiger partial charge is 0.324 e. The number of nitrogens with one attached hydrogen (secondary N) is 1. The molecule has 1 atom stereocenters. The summed E-state index contributed by atoms with van der Waals surface area (Å²) in [6.07, 6.45) is 0.149. The minimum Gasteiger partial charge on any atom is -0.469 e. The number of methoxy groups -OCH3 is 2. The van der Waals surface area contributed by atoms with Gasteiger partial charge in [-0.15, -0.1) is 0 Å². The van der Waals surface area contributed by atoms with E-state index < -0.39 is 28.0 Å². The van der Waals surface area contributed by atoms with Gasteiger partial charge in [0.05, 0.1) is 20.0 Å². The first-order chi connectivity index (χ1) is 8.73. The summed E-state index contributed by atoms with van der Waals surface area (Å²) in [5.41, 5.74) is 0. The van der Waals surface area contributed by atoms with Gasteiger partial charge in [0.15, 0.2) is 0 Å². The number of rotatable bonds is 8. The molecule has 112 valence electrons. The molecule has 0 unspecified atom stereocenters. The van der Waals surface area contributed by atoms with Crippen LogP contribution >= 0.6 is 0 Å². The van der Waals surface area contributed by atoms with Gasteiger partial charge in [0.2, 0.25) is 10.0 Å². The normalized spacial score (nSPS) is 13.1. The van der Waals surface area contributed by atoms with Crippen molar-refractivity contribution in [1.29, 1.82) is 0 Å². The van der Waals surface area contributed by atoms with Gasteiger partial charge in [0.1, 0.15) is 6.04 Å². The predicted molar refractivity (Wildman–Crippen MR) is 68.8 cm³/mol. The maximum absolute atomic E-state index is 11.8. The highest BCUT2D eigenvalue weighted by Gasteiger charge is 2.27. The molecule has 1 N–H and O–H groups in total. The van der Waals surface area contributed by atoms with Gasteiger partial charge in [-0.25, -0.2) is 13.1 Å². The minimum absolute atomic E-state index is 0.0159. The third-order valence-electron chi connectivity index (χ3n) is 2.45. The molecular formula is C11H21NO6S. The van der Waals surface area contributed by atoms with E-state index >= 15 is 0 Å². The molecule has 8 heteroatoms. The molecular weight excluding hydrogens is 274 g/mol. The summed E-state index contributed by atoms with van der Waals surface area (Å²) in [6, 6.07) is -0.923. The van der Waals surface area contributed by atoms with Crippen LogP contribution in [-0.4, -0.2) is 46.4 Å². The van der Waals surface area contributed by atoms with E-state index in [2.05, 4.69) is 14.2 Å². The maximum Gasteiger partial charge on any atom is 0.324 e. The first-order valence-corrected chi connectivity index (χ1v) is 7.53. The molecule has 0 heterocycles. The average Bonchev–Trinajstić information content (AvgIpc) is 2.34. The molecule has 7 nitrogen and oxygen atoms in total. The summed E-state index contributed by atoms with van der Waals surface area (Å²) in [4.78, 5) is 22.3. The largest absolute Gasteiger partial charge is 0.469 e. The highest BCUT2D eigenvalue weighted by Crippen LogP contribution is 2.06. The molecule has 0 rings (SSSR count). The first kappa shape index (κ1) is 17.8. The molecule has 0 saturated carbocycles. The van der Waals surface area contributed by atoms with E-state index in [1.54, 1.807) is 13.8 Å². The predicted octanol–water partition coefficient (Wildman–Crippen LogP) is 0.0566. The molecule has 0 aliphatic carbocycles. The Bertz CT molecular complexity index is 403. The fourth-order valence-electron chi connectivity index (χ4n) is 1.34. The van der Waals surface area contributed by atoms with Crippen LogP contribution in [0, 0.1) is 5.92 Å². The van der Waals surface area contributed by atoms with Crippen molar-refractivity contribution >= 4 is 22.0 Å². The van der Waals surface area contributed by atoms with E-state index in [1.807, 2.05) is 0 Å². The molecule has 0 aromatic carbocycles. The first-order valence-electron chi connectivity index (χ1n) is 5.88. The Hall–Kier alpha value is -1.15. The lowest BCUT2D eigenvalue weighted by Crippen LogP contribution is -2.45. The van der Waals surface area contributed by atoms with Crippen molar-refractivity contribution in [2.45, 2.75) is 32.7 Å². The van der Waals surface area contributed by atoms with Crippen LogP contribution < -0.4 is 4.72 Å². The Morgan fingerprint density at radius 2 is 1.74 bits per heavy atom. The Morgan fingerprint density at radius 1 is 1.16 bits per heavy atom. The highest BCUT2D eigenvalue weighted by atomic mass is 32.2. The average molecular weight is 295 g/mol. The number of carbonyl (C=O) groups is 2. The zero-order valence-electron chi connectivity index (χ0n) is 11.6. The monoisotopic (exact) mass is 295 g/mol. The highest BCUT2D eigenvalue weighted by molar-refractivity contribution is 7.89. The summed E-state index contributed by atoms with van der Waals surface area (Å²) in [5, 5.41) is 0. The molecule has 0 radical (unpaired) electrons. The maximum atomic E-state index is 11.8. The van der Waals surface area contributed by atoms with Crippen LogP contribution in [0.4, 0.5) is 0 Å². The lowest BCUT2D eigenvalue weighted by Gasteiger charge is -2.19. The van der Waals surface area contributed by atoms with Crippen LogP contribution in [0.25, 0.3) is 0 Å². The second kappa shape index (κ2) is 8.11. The van der Waals surface area contributed by atoms with E-state index in [0.717, 1.165) is 0 Å². The van der Waals surface area contributed by atoms with E-state index in [-0.39, 0.29) is 24.5 Å². The van der Waals surface area contributed by atoms with Gasteiger partial charge in [0, 0.05) is 6.42 Å². The van der Waals surface area contributed by atoms with Crippen molar-refractivity contribution in [3.8, 4) is 0 Å². The zero-order valence-corrected chi connectivity index (χ0v) is 12.5. The molecule has 19 heavy (non-hydrogen) atoms. The Kier molecular flexibility index (Phi) is 7.62. The molecule has 0 aromatic rings. The van der Waals surface area contributed by atoms with Gasteiger partial charge >= 0.3 is 11.9 Å². The summed E-state index contributed by atoms with van der Waals surface area (Å²) in [5.74, 6) is -1.58. The summed E-state index contributed by atoms with van der Waals surface area (Å²) in [7, 11) is -1.21. The quantitative estimate of drug-likeness (QED) is 0.636. The van der Waals surface area contributed by atoms with Gasteiger partial charge in [0.25, 0.3) is 0 Å². The van der Waals surface area contributed by atoms with Gasteiger partial charge < -0.3 is 9.47 Å². The number of carbonyl (C=O) groups excluding carboxylic acids is 2. The topological polar surface area (TPSA) is 98.8 Å². The number of esters is 2. The van der Waals surface area contributed by atoms with Crippen LogP contribution in [0.15, 0.2) is 0 Å².